The van der Waals surface area contributed by atoms with E-state index in [9.17, 15) is 18.8 Å². The van der Waals surface area contributed by atoms with E-state index in [-0.39, 0.29) is 10.6 Å². The van der Waals surface area contributed by atoms with Gasteiger partial charge in [0.25, 0.3) is 0 Å². The molecule has 0 saturated carbocycles. The number of fused-ring (bicyclic) bond motifs is 2. The number of likely N-dealkylation sites (tertiary alicyclic amines) is 1. The van der Waals surface area contributed by atoms with Gasteiger partial charge in [0.2, 0.25) is 0 Å². The van der Waals surface area contributed by atoms with E-state index >= 15 is 0 Å². The van der Waals surface area contributed by atoms with E-state index in [1.165, 1.54) is 0 Å². The molecule has 186 valence electrons. The molecule has 0 aliphatic carbocycles. The van der Waals surface area contributed by atoms with Crippen molar-refractivity contribution in [2.75, 3.05) is 19.6 Å². The summed E-state index contributed by atoms with van der Waals surface area (Å²) in [5, 5.41) is 22.4. The Bertz CT molecular complexity index is 1410. The van der Waals surface area contributed by atoms with Crippen molar-refractivity contribution in [2.24, 2.45) is 0 Å². The van der Waals surface area contributed by atoms with Crippen LogP contribution in [0.4, 0.5) is 0 Å². The van der Waals surface area contributed by atoms with Gasteiger partial charge in [-0.15, -0.1) is 0 Å². The number of nitrogens with zero attached hydrogens (tertiary/aromatic N) is 2. The van der Waals surface area contributed by atoms with E-state index in [4.69, 9.17) is 11.6 Å². The molecule has 36 heavy (non-hydrogen) atoms. The predicted molar refractivity (Wildman–Crippen MR) is 140 cm³/mol. The first-order valence-electron chi connectivity index (χ1n) is 12.3. The molecule has 0 amide bonds. The molecule has 3 aromatic rings. The number of hydrogen-bond acceptors (Lipinski definition) is 5. The van der Waals surface area contributed by atoms with Crippen LogP contribution in [-0.2, 0) is 26.6 Å². The second-order valence-corrected chi connectivity index (χ2v) is 12.3. The van der Waals surface area contributed by atoms with E-state index in [0.29, 0.717) is 35.4 Å². The summed E-state index contributed by atoms with van der Waals surface area (Å²) in [4.78, 5) is 2.58. The number of aliphatic hydroxyl groups is 1. The van der Waals surface area contributed by atoms with Crippen molar-refractivity contribution in [3.63, 3.8) is 0 Å². The SMILES string of the molecule is N#CC1(CCCN2CCC(O)(c3ccc(Cl)cc3)CC2)c2ccccc2CS(=O)(=O)c2ccccc21. The standard InChI is InChI=1S/C29H29ClN2O3S/c30-24-12-10-23(11-13-24)29(33)15-18-32(19-16-29)17-5-14-28(21-31)25-7-2-1-6-22(25)20-36(34,35)27-9-4-3-8-26(27)28/h1-4,6-13,33H,5,14-20H2. The highest BCUT2D eigenvalue weighted by Crippen LogP contribution is 2.45. The van der Waals surface area contributed by atoms with E-state index in [1.807, 2.05) is 54.6 Å². The van der Waals surface area contributed by atoms with Crippen LogP contribution in [0.3, 0.4) is 0 Å². The number of rotatable bonds is 5. The van der Waals surface area contributed by atoms with Gasteiger partial charge >= 0.3 is 0 Å². The number of halogens is 1. The Morgan fingerprint density at radius 3 is 2.28 bits per heavy atom. The predicted octanol–water partition coefficient (Wildman–Crippen LogP) is 5.20. The summed E-state index contributed by atoms with van der Waals surface area (Å²) in [6.07, 6.45) is 2.50. The minimum absolute atomic E-state index is 0.0982. The maximum atomic E-state index is 13.2. The monoisotopic (exact) mass is 520 g/mol. The van der Waals surface area contributed by atoms with Crippen molar-refractivity contribution >= 4 is 21.4 Å². The lowest BCUT2D eigenvalue weighted by Crippen LogP contribution is -2.43. The minimum Gasteiger partial charge on any atom is -0.385 e. The van der Waals surface area contributed by atoms with Crippen LogP contribution < -0.4 is 0 Å². The highest BCUT2D eigenvalue weighted by Gasteiger charge is 2.43. The quantitative estimate of drug-likeness (QED) is 0.500. The third kappa shape index (κ3) is 4.46. The van der Waals surface area contributed by atoms with Crippen LogP contribution in [0.15, 0.2) is 77.7 Å². The molecule has 2 aliphatic heterocycles. The first-order chi connectivity index (χ1) is 17.3. The maximum absolute atomic E-state index is 13.2. The zero-order chi connectivity index (χ0) is 25.4. The van der Waals surface area contributed by atoms with Crippen LogP contribution in [0.25, 0.3) is 0 Å². The van der Waals surface area contributed by atoms with Gasteiger partial charge in [0.15, 0.2) is 9.84 Å². The van der Waals surface area contributed by atoms with Crippen LogP contribution in [0.1, 0.15) is 47.9 Å². The molecule has 0 radical (unpaired) electrons. The van der Waals surface area contributed by atoms with Gasteiger partial charge < -0.3 is 10.0 Å². The molecular weight excluding hydrogens is 492 g/mol. The molecule has 0 aromatic heterocycles. The van der Waals surface area contributed by atoms with Gasteiger partial charge in [0.1, 0.15) is 5.41 Å². The van der Waals surface area contributed by atoms with Crippen LogP contribution in [0.5, 0.6) is 0 Å². The third-order valence-corrected chi connectivity index (χ3v) is 9.76. The Hall–Kier alpha value is -2.69. The van der Waals surface area contributed by atoms with Crippen molar-refractivity contribution in [1.29, 1.82) is 5.26 Å². The second kappa shape index (κ2) is 9.64. The molecule has 0 bridgehead atoms. The van der Waals surface area contributed by atoms with Gasteiger partial charge in [0.05, 0.1) is 22.3 Å². The van der Waals surface area contributed by atoms with Crippen molar-refractivity contribution in [3.8, 4) is 6.07 Å². The largest absolute Gasteiger partial charge is 0.385 e. The van der Waals surface area contributed by atoms with E-state index < -0.39 is 20.9 Å². The fourth-order valence-corrected chi connectivity index (χ4v) is 7.60. The van der Waals surface area contributed by atoms with Crippen LogP contribution >= 0.6 is 11.6 Å². The molecular formula is C29H29ClN2O3S. The Labute approximate surface area is 217 Å². The zero-order valence-electron chi connectivity index (χ0n) is 20.0. The van der Waals surface area contributed by atoms with Crippen LogP contribution in [-0.4, -0.2) is 38.1 Å². The molecule has 1 atom stereocenters. The number of nitriles is 1. The summed E-state index contributed by atoms with van der Waals surface area (Å²) in [7, 11) is -3.56. The van der Waals surface area contributed by atoms with Crippen LogP contribution in [0.2, 0.25) is 5.02 Å². The van der Waals surface area contributed by atoms with E-state index in [2.05, 4.69) is 11.0 Å². The molecule has 3 aromatic carbocycles. The second-order valence-electron chi connectivity index (χ2n) is 9.91. The molecule has 5 rings (SSSR count). The fourth-order valence-electron chi connectivity index (χ4n) is 5.79. The summed E-state index contributed by atoms with van der Waals surface area (Å²) >= 11 is 6.01. The smallest absolute Gasteiger partial charge is 0.182 e. The van der Waals surface area contributed by atoms with Crippen molar-refractivity contribution in [2.45, 2.75) is 47.3 Å². The number of benzene rings is 3. The van der Waals surface area contributed by atoms with Crippen molar-refractivity contribution < 1.29 is 13.5 Å². The fraction of sp³-hybridized carbons (Fsp3) is 0.345. The van der Waals surface area contributed by atoms with E-state index in [1.54, 1.807) is 18.2 Å². The van der Waals surface area contributed by atoms with Crippen LogP contribution in [0, 0.1) is 11.3 Å². The molecule has 1 N–H and O–H groups in total. The highest BCUT2D eigenvalue weighted by atomic mass is 35.5. The van der Waals surface area contributed by atoms with Gasteiger partial charge in [-0.1, -0.05) is 66.2 Å². The molecule has 5 nitrogen and oxygen atoms in total. The van der Waals surface area contributed by atoms with Crippen molar-refractivity contribution in [3.05, 3.63) is 100 Å². The Balaban J connectivity index is 1.35. The lowest BCUT2D eigenvalue weighted by Gasteiger charge is -2.39. The Kier molecular flexibility index (Phi) is 6.69. The maximum Gasteiger partial charge on any atom is 0.182 e. The van der Waals surface area contributed by atoms with Gasteiger partial charge in [-0.05, 0) is 72.7 Å². The van der Waals surface area contributed by atoms with E-state index in [0.717, 1.165) is 37.2 Å². The topological polar surface area (TPSA) is 81.4 Å². The highest BCUT2D eigenvalue weighted by molar-refractivity contribution is 7.90. The minimum atomic E-state index is -3.56. The number of piperidine rings is 1. The Morgan fingerprint density at radius 2 is 1.58 bits per heavy atom. The molecule has 1 saturated heterocycles. The average Bonchev–Trinajstić information content (AvgIpc) is 2.96. The summed E-state index contributed by atoms with van der Waals surface area (Å²) in [6.45, 7) is 2.28. The van der Waals surface area contributed by atoms with Crippen molar-refractivity contribution in [1.82, 2.24) is 4.90 Å². The third-order valence-electron chi connectivity index (χ3n) is 7.79. The summed E-state index contributed by atoms with van der Waals surface area (Å²) < 4.78 is 26.5. The lowest BCUT2D eigenvalue weighted by atomic mass is 9.71. The Morgan fingerprint density at radius 1 is 0.944 bits per heavy atom. The molecule has 7 heteroatoms. The first kappa shape index (κ1) is 25.0. The summed E-state index contributed by atoms with van der Waals surface area (Å²) in [5.41, 5.74) is 1.06. The van der Waals surface area contributed by atoms with Gasteiger partial charge in [-0.25, -0.2) is 8.42 Å². The molecule has 0 spiro atoms. The zero-order valence-corrected chi connectivity index (χ0v) is 21.6. The molecule has 1 unspecified atom stereocenters. The lowest BCUT2D eigenvalue weighted by molar-refractivity contribution is -0.0262. The average molecular weight is 521 g/mol. The summed E-state index contributed by atoms with van der Waals surface area (Å²) in [5.74, 6) is -0.0982. The summed E-state index contributed by atoms with van der Waals surface area (Å²) in [6, 6.07) is 24.4. The number of sulfone groups is 1. The van der Waals surface area contributed by atoms with Gasteiger partial charge in [-0.2, -0.15) is 5.26 Å². The molecule has 1 fully saturated rings. The molecule has 2 aliphatic rings. The first-order valence-corrected chi connectivity index (χ1v) is 14.3. The number of hydrogen-bond donors (Lipinski definition) is 1. The van der Waals surface area contributed by atoms with Gasteiger partial charge in [-0.3, -0.25) is 0 Å². The normalized spacial score (nSPS) is 22.6. The van der Waals surface area contributed by atoms with Gasteiger partial charge in [0, 0.05) is 18.1 Å². The molecule has 2 heterocycles.